The van der Waals surface area contributed by atoms with Crippen LogP contribution in [0.3, 0.4) is 0 Å². The van der Waals surface area contributed by atoms with Crippen molar-refractivity contribution in [1.82, 2.24) is 9.80 Å². The first-order chi connectivity index (χ1) is 18.3. The molecule has 5 atom stereocenters. The molecule has 2 aliphatic heterocycles. The van der Waals surface area contributed by atoms with Crippen molar-refractivity contribution in [2.75, 3.05) is 20.1 Å². The first-order valence-electron chi connectivity index (χ1n) is 14.1. The number of hydrogen-bond acceptors (Lipinski definition) is 5. The van der Waals surface area contributed by atoms with Gasteiger partial charge in [-0.2, -0.15) is 0 Å². The number of aromatic hydroxyl groups is 1. The van der Waals surface area contributed by atoms with Gasteiger partial charge in [0.2, 0.25) is 0 Å². The van der Waals surface area contributed by atoms with Crippen molar-refractivity contribution in [3.05, 3.63) is 58.7 Å². The van der Waals surface area contributed by atoms with Gasteiger partial charge in [-0.25, -0.2) is 0 Å². The Labute approximate surface area is 224 Å². The lowest BCUT2D eigenvalue weighted by atomic mass is 9.52. The fraction of sp³-hybridized carbons (Fsp3) is 0.531. The van der Waals surface area contributed by atoms with Gasteiger partial charge in [0.05, 0.1) is 11.0 Å². The number of aliphatic hydroxyl groups is 1. The number of benzene rings is 2. The smallest absolute Gasteiger partial charge is 0.298 e. The van der Waals surface area contributed by atoms with Crippen LogP contribution in [-0.2, 0) is 16.6 Å². The van der Waals surface area contributed by atoms with Crippen LogP contribution in [0.25, 0.3) is 0 Å². The molecule has 0 aromatic heterocycles. The molecule has 3 fully saturated rings. The Bertz CT molecular complexity index is 1370. The van der Waals surface area contributed by atoms with Crippen molar-refractivity contribution in [3.63, 3.8) is 0 Å². The molecule has 6 heteroatoms. The Morgan fingerprint density at radius 3 is 2.84 bits per heavy atom. The fourth-order valence-electron chi connectivity index (χ4n) is 8.07. The van der Waals surface area contributed by atoms with Gasteiger partial charge in [0, 0.05) is 49.1 Å². The van der Waals surface area contributed by atoms with Crippen LogP contribution < -0.4 is 4.74 Å². The van der Waals surface area contributed by atoms with Gasteiger partial charge in [-0.1, -0.05) is 24.1 Å². The fourth-order valence-corrected chi connectivity index (χ4v) is 8.07. The number of rotatable bonds is 3. The molecule has 2 aromatic carbocycles. The van der Waals surface area contributed by atoms with E-state index in [2.05, 4.69) is 16.7 Å². The van der Waals surface area contributed by atoms with E-state index in [-0.39, 0.29) is 29.8 Å². The molecule has 2 bridgehead atoms. The summed E-state index contributed by atoms with van der Waals surface area (Å²) in [7, 11) is 1.82. The van der Waals surface area contributed by atoms with E-state index in [1.807, 2.05) is 44.3 Å². The van der Waals surface area contributed by atoms with Crippen LogP contribution in [0.4, 0.5) is 0 Å². The number of ether oxygens (including phenoxy) is 1. The summed E-state index contributed by atoms with van der Waals surface area (Å²) >= 11 is 0. The summed E-state index contributed by atoms with van der Waals surface area (Å²) in [5, 5.41) is 23.6. The molecule has 7 rings (SSSR count). The number of carbonyl (C=O) groups is 1. The van der Waals surface area contributed by atoms with E-state index in [1.165, 1.54) is 18.4 Å². The zero-order chi connectivity index (χ0) is 26.2. The maximum absolute atomic E-state index is 13.2. The van der Waals surface area contributed by atoms with Crippen LogP contribution in [0.15, 0.2) is 36.4 Å². The van der Waals surface area contributed by atoms with Crippen LogP contribution in [0, 0.1) is 24.7 Å². The zero-order valence-electron chi connectivity index (χ0n) is 22.2. The monoisotopic (exact) mass is 512 g/mol. The number of carbonyl (C=O) groups excluding carboxylic acids is 1. The topological polar surface area (TPSA) is 73.2 Å². The lowest BCUT2D eigenvalue weighted by molar-refractivity contribution is -0.165. The first kappa shape index (κ1) is 24.1. The molecule has 198 valence electrons. The number of likely N-dealkylation sites (tertiary alicyclic amines) is 1. The number of phenols is 1. The molecule has 1 amide bonds. The number of piperidine rings is 1. The zero-order valence-corrected chi connectivity index (χ0v) is 22.2. The van der Waals surface area contributed by atoms with E-state index in [0.29, 0.717) is 25.0 Å². The van der Waals surface area contributed by atoms with Gasteiger partial charge in [0.15, 0.2) is 11.5 Å². The lowest BCUT2D eigenvalue weighted by Gasteiger charge is -2.60. The predicted octanol–water partition coefficient (Wildman–Crippen LogP) is 3.53. The van der Waals surface area contributed by atoms with Gasteiger partial charge in [-0.05, 0) is 87.2 Å². The normalized spacial score (nSPS) is 32.9. The predicted molar refractivity (Wildman–Crippen MR) is 144 cm³/mol. The molecule has 0 unspecified atom stereocenters. The summed E-state index contributed by atoms with van der Waals surface area (Å²) in [6.07, 6.45) is 5.75. The number of aryl methyl sites for hydroxylation is 1. The Balaban J connectivity index is 1.23. The standard InChI is InChI=1S/C32H36N2O4/c1-20-4-3-5-21(16-20)8-11-28(36)33(2)24-12-13-32(37)26-17-23-9-10-25(35)30-29(23)31(32,27(18-24)38-30)14-15-34(26)19-22-6-7-22/h3-5,9-10,16,22,24,26-27,35,37H,6-7,12-15,17-19H2,1-2H3/t24-,26-,27+,31-,32-/m1/s1. The molecule has 0 radical (unpaired) electrons. The molecular weight excluding hydrogens is 476 g/mol. The van der Waals surface area contributed by atoms with Crippen molar-refractivity contribution in [2.24, 2.45) is 5.92 Å². The van der Waals surface area contributed by atoms with Gasteiger partial charge in [-0.3, -0.25) is 9.69 Å². The molecule has 2 heterocycles. The van der Waals surface area contributed by atoms with Crippen LogP contribution in [0.5, 0.6) is 11.5 Å². The molecular formula is C32H36N2O4. The van der Waals surface area contributed by atoms with Crippen molar-refractivity contribution < 1.29 is 19.7 Å². The molecule has 38 heavy (non-hydrogen) atoms. The van der Waals surface area contributed by atoms with E-state index in [4.69, 9.17) is 4.74 Å². The van der Waals surface area contributed by atoms with Crippen molar-refractivity contribution in [2.45, 2.75) is 81.1 Å². The van der Waals surface area contributed by atoms with E-state index in [1.54, 1.807) is 11.0 Å². The maximum Gasteiger partial charge on any atom is 0.298 e. The van der Waals surface area contributed by atoms with E-state index in [0.717, 1.165) is 48.5 Å². The van der Waals surface area contributed by atoms with E-state index in [9.17, 15) is 15.0 Å². The molecule has 2 saturated carbocycles. The van der Waals surface area contributed by atoms with Gasteiger partial charge >= 0.3 is 0 Å². The highest BCUT2D eigenvalue weighted by molar-refractivity contribution is 5.94. The van der Waals surface area contributed by atoms with Crippen molar-refractivity contribution in [1.29, 1.82) is 0 Å². The molecule has 6 nitrogen and oxygen atoms in total. The molecule has 2 aromatic rings. The molecule has 1 saturated heterocycles. The first-order valence-corrected chi connectivity index (χ1v) is 14.1. The number of phenolic OH excluding ortho intramolecular Hbond substituents is 1. The Kier molecular flexibility index (Phi) is 5.38. The van der Waals surface area contributed by atoms with Crippen LogP contribution in [-0.4, -0.2) is 69.8 Å². The third kappa shape index (κ3) is 3.45. The Hall–Kier alpha value is -3.01. The minimum absolute atomic E-state index is 0.0202. The summed E-state index contributed by atoms with van der Waals surface area (Å²) in [4.78, 5) is 17.5. The minimum Gasteiger partial charge on any atom is -0.504 e. The van der Waals surface area contributed by atoms with E-state index < -0.39 is 11.0 Å². The quantitative estimate of drug-likeness (QED) is 0.616. The van der Waals surface area contributed by atoms with Crippen LogP contribution in [0.1, 0.15) is 60.8 Å². The second kappa shape index (κ2) is 8.49. The summed E-state index contributed by atoms with van der Waals surface area (Å²) in [5.74, 6) is 7.09. The third-order valence-electron chi connectivity index (χ3n) is 10.2. The lowest BCUT2D eigenvalue weighted by Crippen LogP contribution is -2.73. The van der Waals surface area contributed by atoms with Gasteiger partial charge in [0.25, 0.3) is 5.91 Å². The van der Waals surface area contributed by atoms with Crippen molar-refractivity contribution >= 4 is 5.91 Å². The highest BCUT2D eigenvalue weighted by Gasteiger charge is 2.71. The highest BCUT2D eigenvalue weighted by atomic mass is 16.5. The molecule has 5 aliphatic rings. The second-order valence-electron chi connectivity index (χ2n) is 12.3. The molecule has 2 N–H and O–H groups in total. The van der Waals surface area contributed by atoms with Gasteiger partial charge in [-0.15, -0.1) is 0 Å². The second-order valence-corrected chi connectivity index (χ2v) is 12.3. The van der Waals surface area contributed by atoms with Crippen LogP contribution in [0.2, 0.25) is 0 Å². The summed E-state index contributed by atoms with van der Waals surface area (Å²) in [6, 6.07) is 11.5. The number of nitrogens with zero attached hydrogens (tertiary/aromatic N) is 2. The molecule has 1 spiro atoms. The van der Waals surface area contributed by atoms with Gasteiger partial charge in [0.1, 0.15) is 6.10 Å². The van der Waals surface area contributed by atoms with E-state index >= 15 is 0 Å². The largest absolute Gasteiger partial charge is 0.504 e. The average molecular weight is 513 g/mol. The van der Waals surface area contributed by atoms with Crippen LogP contribution >= 0.6 is 0 Å². The number of hydrogen-bond donors (Lipinski definition) is 2. The SMILES string of the molecule is Cc1cccc(C#CC(=O)N(C)[C@@H]2CC[C@@]3(O)[C@H]4Cc5ccc(O)c6c5[C@@]3(CCN4CC3CC3)[C@H](C2)O6)c1. The Morgan fingerprint density at radius 1 is 1.21 bits per heavy atom. The number of amides is 1. The Morgan fingerprint density at radius 2 is 2.05 bits per heavy atom. The third-order valence-corrected chi connectivity index (χ3v) is 10.2. The maximum atomic E-state index is 13.2. The highest BCUT2D eigenvalue weighted by Crippen LogP contribution is 2.65. The summed E-state index contributed by atoms with van der Waals surface area (Å²) in [6.45, 7) is 3.99. The molecule has 3 aliphatic carbocycles. The summed E-state index contributed by atoms with van der Waals surface area (Å²) < 4.78 is 6.58. The van der Waals surface area contributed by atoms with Crippen molar-refractivity contribution in [3.8, 4) is 23.3 Å². The van der Waals surface area contributed by atoms with Gasteiger partial charge < -0.3 is 19.8 Å². The minimum atomic E-state index is -0.970. The average Bonchev–Trinajstić information content (AvgIpc) is 3.67. The summed E-state index contributed by atoms with van der Waals surface area (Å²) in [5.41, 5.74) is 2.63.